The molecule has 1 aromatic carbocycles. The normalized spacial score (nSPS) is 20.8. The van der Waals surface area contributed by atoms with Crippen molar-refractivity contribution in [3.63, 3.8) is 0 Å². The highest BCUT2D eigenvalue weighted by atomic mass is 19.1. The van der Waals surface area contributed by atoms with Gasteiger partial charge in [0.1, 0.15) is 17.7 Å². The van der Waals surface area contributed by atoms with Gasteiger partial charge in [-0.3, -0.25) is 9.69 Å². The Morgan fingerprint density at radius 3 is 2.95 bits per heavy atom. The average Bonchev–Trinajstić information content (AvgIpc) is 3.15. The van der Waals surface area contributed by atoms with Crippen LogP contribution in [0.25, 0.3) is 0 Å². The van der Waals surface area contributed by atoms with Crippen LogP contribution in [0.5, 0.6) is 5.75 Å². The zero-order valence-electron chi connectivity index (χ0n) is 11.2. The molecular formula is C15H18FNO3. The van der Waals surface area contributed by atoms with E-state index < -0.39 is 5.97 Å². The van der Waals surface area contributed by atoms with Crippen molar-refractivity contribution in [2.75, 3.05) is 13.1 Å². The molecule has 4 nitrogen and oxygen atoms in total. The topological polar surface area (TPSA) is 49.8 Å². The summed E-state index contributed by atoms with van der Waals surface area (Å²) in [5.41, 5.74) is 0.906. The van der Waals surface area contributed by atoms with E-state index in [1.54, 1.807) is 6.07 Å². The molecule has 1 unspecified atom stereocenters. The Hall–Kier alpha value is -1.62. The first-order valence-electron chi connectivity index (χ1n) is 7.03. The maximum absolute atomic E-state index is 13.2. The number of nitrogens with zero attached hydrogens (tertiary/aromatic N) is 1. The Morgan fingerprint density at radius 2 is 2.25 bits per heavy atom. The van der Waals surface area contributed by atoms with E-state index in [2.05, 4.69) is 4.90 Å². The summed E-state index contributed by atoms with van der Waals surface area (Å²) in [4.78, 5) is 12.9. The first kappa shape index (κ1) is 13.4. The van der Waals surface area contributed by atoms with Crippen LogP contribution in [0, 0.1) is 5.82 Å². The molecule has 1 atom stereocenters. The number of benzene rings is 1. The summed E-state index contributed by atoms with van der Waals surface area (Å²) in [7, 11) is 0. The third-order valence-electron chi connectivity index (χ3n) is 3.88. The summed E-state index contributed by atoms with van der Waals surface area (Å²) in [6, 6.07) is 5.10. The highest BCUT2D eigenvalue weighted by Gasteiger charge is 2.33. The molecule has 5 heteroatoms. The molecule has 3 rings (SSSR count). The number of fused-ring (bicyclic) bond motifs is 1. The van der Waals surface area contributed by atoms with E-state index in [-0.39, 0.29) is 18.3 Å². The third-order valence-corrected chi connectivity index (χ3v) is 3.88. The lowest BCUT2D eigenvalue weighted by molar-refractivity contribution is -0.137. The van der Waals surface area contributed by atoms with Gasteiger partial charge in [-0.25, -0.2) is 4.39 Å². The van der Waals surface area contributed by atoms with Crippen LogP contribution >= 0.6 is 0 Å². The number of rotatable bonds is 6. The number of hydrogen-bond acceptors (Lipinski definition) is 3. The maximum Gasteiger partial charge on any atom is 0.304 e. The fourth-order valence-electron chi connectivity index (χ4n) is 2.75. The first-order chi connectivity index (χ1) is 9.61. The van der Waals surface area contributed by atoms with E-state index >= 15 is 0 Å². The van der Waals surface area contributed by atoms with Crippen LogP contribution in [0.2, 0.25) is 0 Å². The fraction of sp³-hybridized carbons (Fsp3) is 0.533. The summed E-state index contributed by atoms with van der Waals surface area (Å²) in [5, 5.41) is 8.80. The molecule has 0 bridgehead atoms. The molecule has 108 valence electrons. The van der Waals surface area contributed by atoms with E-state index in [1.807, 2.05) is 0 Å². The van der Waals surface area contributed by atoms with Crippen molar-refractivity contribution in [3.05, 3.63) is 29.6 Å². The summed E-state index contributed by atoms with van der Waals surface area (Å²) in [6.07, 6.45) is 3.12. The van der Waals surface area contributed by atoms with E-state index in [9.17, 15) is 9.18 Å². The second-order valence-corrected chi connectivity index (χ2v) is 5.57. The van der Waals surface area contributed by atoms with Crippen LogP contribution in [0.3, 0.4) is 0 Å². The molecule has 0 saturated heterocycles. The first-order valence-corrected chi connectivity index (χ1v) is 7.03. The lowest BCUT2D eigenvalue weighted by atomic mass is 10.1. The van der Waals surface area contributed by atoms with Gasteiger partial charge in [-0.1, -0.05) is 0 Å². The summed E-state index contributed by atoms with van der Waals surface area (Å²) in [5.74, 6) is -0.253. The van der Waals surface area contributed by atoms with Crippen molar-refractivity contribution in [2.45, 2.75) is 37.8 Å². The van der Waals surface area contributed by atoms with Crippen LogP contribution in [0.4, 0.5) is 4.39 Å². The van der Waals surface area contributed by atoms with Crippen molar-refractivity contribution >= 4 is 5.97 Å². The molecule has 0 radical (unpaired) electrons. The van der Waals surface area contributed by atoms with Crippen LogP contribution in [-0.4, -0.2) is 41.2 Å². The predicted octanol–water partition coefficient (Wildman–Crippen LogP) is 2.07. The minimum atomic E-state index is -0.770. The lowest BCUT2D eigenvalue weighted by Crippen LogP contribution is -2.37. The van der Waals surface area contributed by atoms with Gasteiger partial charge in [0.05, 0.1) is 6.42 Å². The zero-order chi connectivity index (χ0) is 14.1. The molecule has 2 aliphatic rings. The van der Waals surface area contributed by atoms with Crippen LogP contribution in [0.1, 0.15) is 24.8 Å². The standard InChI is InChI=1S/C15H18FNO3/c16-11-1-4-14-10(7-11)8-13(20-14)9-17(12-2-3-12)6-5-15(18)19/h1,4,7,12-13H,2-3,5-6,8-9H2,(H,18,19). The number of halogens is 1. The third kappa shape index (κ3) is 3.10. The van der Waals surface area contributed by atoms with E-state index in [1.165, 1.54) is 12.1 Å². The number of ether oxygens (including phenoxy) is 1. The van der Waals surface area contributed by atoms with E-state index in [4.69, 9.17) is 9.84 Å². The van der Waals surface area contributed by atoms with Crippen LogP contribution in [0.15, 0.2) is 18.2 Å². The second-order valence-electron chi connectivity index (χ2n) is 5.57. The van der Waals surface area contributed by atoms with Gasteiger partial charge in [0, 0.05) is 31.1 Å². The van der Waals surface area contributed by atoms with Gasteiger partial charge >= 0.3 is 5.97 Å². The highest BCUT2D eigenvalue weighted by Crippen LogP contribution is 2.32. The van der Waals surface area contributed by atoms with Gasteiger partial charge in [-0.2, -0.15) is 0 Å². The van der Waals surface area contributed by atoms with Gasteiger partial charge in [-0.05, 0) is 31.0 Å². The van der Waals surface area contributed by atoms with Gasteiger partial charge in [-0.15, -0.1) is 0 Å². The Kier molecular flexibility index (Phi) is 3.61. The Morgan fingerprint density at radius 1 is 1.45 bits per heavy atom. The lowest BCUT2D eigenvalue weighted by Gasteiger charge is -2.24. The number of carbonyl (C=O) groups is 1. The molecule has 1 aromatic rings. The number of carboxylic acid groups (broad SMARTS) is 1. The van der Waals surface area contributed by atoms with E-state index in [0.29, 0.717) is 25.6 Å². The smallest absolute Gasteiger partial charge is 0.304 e. The summed E-state index contributed by atoms with van der Waals surface area (Å²) >= 11 is 0. The monoisotopic (exact) mass is 279 g/mol. The molecule has 0 amide bonds. The number of aliphatic carboxylic acids is 1. The molecule has 0 spiro atoms. The van der Waals surface area contributed by atoms with Gasteiger partial charge in [0.15, 0.2) is 0 Å². The van der Waals surface area contributed by atoms with Crippen LogP contribution in [-0.2, 0) is 11.2 Å². The van der Waals surface area contributed by atoms with Crippen molar-refractivity contribution in [1.82, 2.24) is 4.90 Å². The van der Waals surface area contributed by atoms with Gasteiger partial charge < -0.3 is 9.84 Å². The predicted molar refractivity (Wildman–Crippen MR) is 71.4 cm³/mol. The number of carboxylic acids is 1. The molecule has 20 heavy (non-hydrogen) atoms. The van der Waals surface area contributed by atoms with Crippen molar-refractivity contribution in [2.24, 2.45) is 0 Å². The molecule has 1 aliphatic carbocycles. The van der Waals surface area contributed by atoms with Crippen molar-refractivity contribution in [3.8, 4) is 5.75 Å². The van der Waals surface area contributed by atoms with Crippen molar-refractivity contribution in [1.29, 1.82) is 0 Å². The molecular weight excluding hydrogens is 261 g/mol. The van der Waals surface area contributed by atoms with Crippen molar-refractivity contribution < 1.29 is 19.0 Å². The van der Waals surface area contributed by atoms with Crippen LogP contribution < -0.4 is 4.74 Å². The van der Waals surface area contributed by atoms with E-state index in [0.717, 1.165) is 24.2 Å². The SMILES string of the molecule is O=C(O)CCN(CC1Cc2cc(F)ccc2O1)C1CC1. The van der Waals surface area contributed by atoms with Gasteiger partial charge in [0.2, 0.25) is 0 Å². The minimum Gasteiger partial charge on any atom is -0.488 e. The fourth-order valence-corrected chi connectivity index (χ4v) is 2.75. The molecule has 0 aromatic heterocycles. The Labute approximate surface area is 117 Å². The largest absolute Gasteiger partial charge is 0.488 e. The van der Waals surface area contributed by atoms with Gasteiger partial charge in [0.25, 0.3) is 0 Å². The summed E-state index contributed by atoms with van der Waals surface area (Å²) < 4.78 is 19.0. The summed E-state index contributed by atoms with van der Waals surface area (Å²) in [6.45, 7) is 1.28. The molecule has 1 aliphatic heterocycles. The zero-order valence-corrected chi connectivity index (χ0v) is 11.2. The quantitative estimate of drug-likeness (QED) is 0.866. The molecule has 1 heterocycles. The maximum atomic E-state index is 13.2. The Balaban J connectivity index is 1.59. The Bertz CT molecular complexity index is 516. The highest BCUT2D eigenvalue weighted by molar-refractivity contribution is 5.66. The minimum absolute atomic E-state index is 0.00111. The number of hydrogen-bond donors (Lipinski definition) is 1. The molecule has 1 fully saturated rings. The second kappa shape index (κ2) is 5.40. The average molecular weight is 279 g/mol. The molecule has 1 N–H and O–H groups in total. The molecule has 1 saturated carbocycles.